The van der Waals surface area contributed by atoms with Gasteiger partial charge in [-0.15, -0.1) is 0 Å². The molecule has 2 bridgehead atoms. The van der Waals surface area contributed by atoms with E-state index in [0.717, 1.165) is 18.9 Å². The van der Waals surface area contributed by atoms with Crippen molar-refractivity contribution >= 4 is 12.6 Å². The fraction of sp³-hybridized carbons (Fsp3) is 0.579. The number of piperidine rings is 1. The largest absolute Gasteiger partial charge is 0.508 e. The minimum absolute atomic E-state index is 0.250. The molecule has 1 heterocycles. The van der Waals surface area contributed by atoms with Gasteiger partial charge in [-0.3, -0.25) is 4.79 Å². The molecule has 7 heteroatoms. The van der Waals surface area contributed by atoms with Crippen LogP contribution in [0.1, 0.15) is 43.2 Å². The van der Waals surface area contributed by atoms with Gasteiger partial charge in [0.1, 0.15) is 5.75 Å². The third-order valence-corrected chi connectivity index (χ3v) is 6.03. The van der Waals surface area contributed by atoms with E-state index in [9.17, 15) is 4.79 Å². The van der Waals surface area contributed by atoms with Crippen LogP contribution in [0.25, 0.3) is 0 Å². The van der Waals surface area contributed by atoms with Crippen LogP contribution in [0, 0.1) is 5.92 Å². The fourth-order valence-corrected chi connectivity index (χ4v) is 5.14. The predicted octanol–water partition coefficient (Wildman–Crippen LogP) is 2.76. The molecule has 3 aliphatic rings. The number of nitrogens with one attached hydrogen (secondary N) is 1. The Morgan fingerprint density at radius 1 is 1.35 bits per heavy atom. The average molecular weight is 363 g/mol. The summed E-state index contributed by atoms with van der Waals surface area (Å²) in [5, 5.41) is 19.2. The molecule has 7 nitrogen and oxygen atoms in total. The van der Waals surface area contributed by atoms with Crippen molar-refractivity contribution in [3.63, 3.8) is 0 Å². The van der Waals surface area contributed by atoms with Crippen LogP contribution in [-0.4, -0.2) is 42.2 Å². The number of rotatable bonds is 3. The molecule has 1 aromatic carbocycles. The molecule has 142 valence electrons. The summed E-state index contributed by atoms with van der Waals surface area (Å²) in [6.07, 6.45) is 6.18. The molecular formula is C19H25NO6. The second kappa shape index (κ2) is 7.95. The van der Waals surface area contributed by atoms with Crippen LogP contribution >= 0.6 is 0 Å². The van der Waals surface area contributed by atoms with E-state index in [1.165, 1.54) is 43.2 Å². The lowest BCUT2D eigenvalue weighted by molar-refractivity contribution is -0.122. The normalized spacial score (nSPS) is 28.5. The Balaban J connectivity index is 0.000000613. The lowest BCUT2D eigenvalue weighted by Gasteiger charge is -2.56. The van der Waals surface area contributed by atoms with E-state index in [0.29, 0.717) is 11.8 Å². The summed E-state index contributed by atoms with van der Waals surface area (Å²) in [6.45, 7) is 0.586. The Kier molecular flexibility index (Phi) is 5.66. The summed E-state index contributed by atoms with van der Waals surface area (Å²) in [5.74, 6) is 1.43. The smallest absolute Gasteiger partial charge is 0.483 e. The monoisotopic (exact) mass is 363 g/mol. The highest BCUT2D eigenvalue weighted by Gasteiger charge is 2.51. The zero-order valence-electron chi connectivity index (χ0n) is 14.6. The Morgan fingerprint density at radius 3 is 2.92 bits per heavy atom. The van der Waals surface area contributed by atoms with Gasteiger partial charge in [0.25, 0.3) is 6.47 Å². The number of benzene rings is 1. The van der Waals surface area contributed by atoms with E-state index >= 15 is 0 Å². The second-order valence-corrected chi connectivity index (χ2v) is 7.12. The summed E-state index contributed by atoms with van der Waals surface area (Å²) < 4.78 is 9.94. The third kappa shape index (κ3) is 3.49. The topological polar surface area (TPSA) is 105 Å². The van der Waals surface area contributed by atoms with Gasteiger partial charge in [-0.25, -0.2) is 4.79 Å². The molecule has 2 fully saturated rings. The van der Waals surface area contributed by atoms with Gasteiger partial charge in [-0.1, -0.05) is 18.9 Å². The highest BCUT2D eigenvalue weighted by atomic mass is 16.7. The highest BCUT2D eigenvalue weighted by molar-refractivity contribution is 5.56. The van der Waals surface area contributed by atoms with Crippen molar-refractivity contribution in [1.29, 1.82) is 0 Å². The van der Waals surface area contributed by atoms with Crippen molar-refractivity contribution in [1.82, 2.24) is 5.32 Å². The van der Waals surface area contributed by atoms with Gasteiger partial charge in [-0.2, -0.15) is 0 Å². The van der Waals surface area contributed by atoms with Gasteiger partial charge < -0.3 is 25.0 Å². The molecule has 2 aliphatic carbocycles. The van der Waals surface area contributed by atoms with Crippen molar-refractivity contribution in [2.24, 2.45) is 5.92 Å². The number of ether oxygens (including phenoxy) is 2. The average Bonchev–Trinajstić information content (AvgIpc) is 2.62. The first-order valence-corrected chi connectivity index (χ1v) is 9.04. The minimum atomic E-state index is -1.31. The quantitative estimate of drug-likeness (QED) is 0.431. The van der Waals surface area contributed by atoms with Crippen LogP contribution in [0.3, 0.4) is 0 Å². The van der Waals surface area contributed by atoms with E-state index < -0.39 is 6.16 Å². The Hall–Kier alpha value is -2.28. The van der Waals surface area contributed by atoms with Crippen LogP contribution in [-0.2, 0) is 21.4 Å². The molecule has 1 aliphatic heterocycles. The summed E-state index contributed by atoms with van der Waals surface area (Å²) in [7, 11) is 0. The van der Waals surface area contributed by atoms with Gasteiger partial charge in [0.15, 0.2) is 0 Å². The van der Waals surface area contributed by atoms with Crippen molar-refractivity contribution in [3.8, 4) is 5.75 Å². The van der Waals surface area contributed by atoms with Gasteiger partial charge >= 0.3 is 6.16 Å². The molecule has 3 N–H and O–H groups in total. The summed E-state index contributed by atoms with van der Waals surface area (Å²) >= 11 is 0. The van der Waals surface area contributed by atoms with Gasteiger partial charge in [0.05, 0.1) is 0 Å². The SMILES string of the molecule is O=C(O)OCOc1ccc2c(c1)[C@@]13CCCC[C@H]1[C@@H](C2)NCC3.O=CO. The number of carbonyl (C=O) groups is 2. The van der Waals surface area contributed by atoms with Crippen molar-refractivity contribution in [2.45, 2.75) is 50.0 Å². The number of carboxylic acid groups (broad SMARTS) is 2. The number of hydrogen-bond acceptors (Lipinski definition) is 5. The number of hydrogen-bond donors (Lipinski definition) is 3. The van der Waals surface area contributed by atoms with Crippen molar-refractivity contribution in [2.75, 3.05) is 13.3 Å². The van der Waals surface area contributed by atoms with E-state index in [4.69, 9.17) is 19.7 Å². The molecule has 0 radical (unpaired) electrons. The molecule has 1 saturated heterocycles. The lowest BCUT2D eigenvalue weighted by atomic mass is 9.53. The van der Waals surface area contributed by atoms with E-state index in [-0.39, 0.29) is 18.7 Å². The zero-order valence-corrected chi connectivity index (χ0v) is 14.6. The van der Waals surface area contributed by atoms with E-state index in [1.807, 2.05) is 6.07 Å². The molecule has 0 aromatic heterocycles. The Bertz CT molecular complexity index is 659. The Labute approximate surface area is 152 Å². The molecule has 0 unspecified atom stereocenters. The van der Waals surface area contributed by atoms with Gasteiger partial charge in [0.2, 0.25) is 6.79 Å². The zero-order chi connectivity index (χ0) is 18.6. The first-order chi connectivity index (χ1) is 12.6. The minimum Gasteiger partial charge on any atom is -0.483 e. The number of fused-ring (bicyclic) bond motifs is 1. The summed E-state index contributed by atoms with van der Waals surface area (Å²) in [5.41, 5.74) is 3.15. The first kappa shape index (κ1) is 18.5. The van der Waals surface area contributed by atoms with Crippen LogP contribution in [0.2, 0.25) is 0 Å². The predicted molar refractivity (Wildman–Crippen MR) is 93.5 cm³/mol. The Morgan fingerprint density at radius 2 is 2.15 bits per heavy atom. The van der Waals surface area contributed by atoms with Crippen molar-refractivity contribution < 1.29 is 29.3 Å². The van der Waals surface area contributed by atoms with Crippen LogP contribution in [0.4, 0.5) is 4.79 Å². The molecule has 26 heavy (non-hydrogen) atoms. The highest BCUT2D eigenvalue weighted by Crippen LogP contribution is 2.54. The van der Waals surface area contributed by atoms with Crippen LogP contribution in [0.5, 0.6) is 5.75 Å². The van der Waals surface area contributed by atoms with Crippen molar-refractivity contribution in [3.05, 3.63) is 29.3 Å². The summed E-state index contributed by atoms with van der Waals surface area (Å²) in [6, 6.07) is 6.83. The summed E-state index contributed by atoms with van der Waals surface area (Å²) in [4.78, 5) is 18.8. The van der Waals surface area contributed by atoms with Crippen LogP contribution in [0.15, 0.2) is 18.2 Å². The molecular weight excluding hydrogens is 338 g/mol. The maximum absolute atomic E-state index is 10.4. The maximum atomic E-state index is 10.4. The molecule has 0 amide bonds. The van der Waals surface area contributed by atoms with Crippen LogP contribution < -0.4 is 10.1 Å². The molecule has 1 aromatic rings. The lowest BCUT2D eigenvalue weighted by Crippen LogP contribution is -2.59. The molecule has 3 atom stereocenters. The maximum Gasteiger partial charge on any atom is 0.508 e. The molecule has 4 rings (SSSR count). The third-order valence-electron chi connectivity index (χ3n) is 6.03. The van der Waals surface area contributed by atoms with E-state index in [2.05, 4.69) is 22.2 Å². The first-order valence-electron chi connectivity index (χ1n) is 9.04. The molecule has 0 spiro atoms. The van der Waals surface area contributed by atoms with E-state index in [1.54, 1.807) is 0 Å². The van der Waals surface area contributed by atoms with Gasteiger partial charge in [0, 0.05) is 11.5 Å². The fourth-order valence-electron chi connectivity index (χ4n) is 5.14. The second-order valence-electron chi connectivity index (χ2n) is 7.12. The standard InChI is InChI=1S/C18H23NO4.CH2O2/c20-17(21)23-11-22-13-5-4-12-9-16-14-3-1-2-6-18(14,7-8-19-16)15(12)10-13;2-1-3/h4-5,10,14,16,19H,1-3,6-9,11H2,(H,20,21);1H,(H,2,3)/t14-,16+,18+;/m0./s1. The van der Waals surface area contributed by atoms with Gasteiger partial charge in [-0.05, 0) is 61.4 Å². The molecule has 1 saturated carbocycles.